The van der Waals surface area contributed by atoms with Gasteiger partial charge in [0.15, 0.2) is 0 Å². The van der Waals surface area contributed by atoms with E-state index < -0.39 is 0 Å². The summed E-state index contributed by atoms with van der Waals surface area (Å²) in [5, 5.41) is 0. The third-order valence-corrected chi connectivity index (χ3v) is 4.87. The van der Waals surface area contributed by atoms with Gasteiger partial charge in [0.05, 0.1) is 12.5 Å². The van der Waals surface area contributed by atoms with Crippen molar-refractivity contribution in [3.8, 4) is 0 Å². The molecule has 1 amide bonds. The van der Waals surface area contributed by atoms with Gasteiger partial charge in [-0.2, -0.15) is 13.5 Å². The highest BCUT2D eigenvalue weighted by Gasteiger charge is 2.25. The van der Waals surface area contributed by atoms with Crippen LogP contribution < -0.4 is 0 Å². The van der Waals surface area contributed by atoms with Crippen LogP contribution in [0.1, 0.15) is 30.0 Å². The molecule has 134 valence electrons. The molecule has 0 N–H and O–H groups in total. The highest BCUT2D eigenvalue weighted by atomic mass is 32.1. The lowest BCUT2D eigenvalue weighted by atomic mass is 10.0. The molecule has 0 aliphatic carbocycles. The summed E-state index contributed by atoms with van der Waals surface area (Å²) in [5.74, 6) is 0.175. The maximum atomic E-state index is 12.8. The van der Waals surface area contributed by atoms with Gasteiger partial charge in [-0.25, -0.2) is 0 Å². The first-order valence-corrected chi connectivity index (χ1v) is 8.81. The molecule has 1 heterocycles. The number of carbonyl (C=O) groups excluding carboxylic acids is 1. The Morgan fingerprint density at radius 3 is 2.16 bits per heavy atom. The van der Waals surface area contributed by atoms with E-state index in [1.807, 2.05) is 48.3 Å². The fraction of sp³-hybridized carbons (Fsp3) is 0.381. The van der Waals surface area contributed by atoms with Gasteiger partial charge in [-0.1, -0.05) is 60.7 Å². The maximum absolute atomic E-state index is 12.8. The van der Waals surface area contributed by atoms with E-state index in [9.17, 15) is 4.79 Å². The summed E-state index contributed by atoms with van der Waals surface area (Å²) in [6.07, 6.45) is 2.99. The predicted molar refractivity (Wildman–Crippen MR) is 108 cm³/mol. The Kier molecular flexibility index (Phi) is 7.53. The molecule has 0 unspecified atom stereocenters. The molecule has 1 aliphatic heterocycles. The van der Waals surface area contributed by atoms with Gasteiger partial charge in [0, 0.05) is 13.6 Å². The highest BCUT2D eigenvalue weighted by molar-refractivity contribution is 7.59. The molecule has 0 aromatic heterocycles. The van der Waals surface area contributed by atoms with Crippen LogP contribution in [0.25, 0.3) is 0 Å². The zero-order valence-corrected chi connectivity index (χ0v) is 15.9. The third-order valence-electron chi connectivity index (χ3n) is 4.87. The van der Waals surface area contributed by atoms with E-state index in [2.05, 4.69) is 29.2 Å². The number of hydrogen-bond donors (Lipinski definition) is 0. The van der Waals surface area contributed by atoms with Crippen LogP contribution in [0.15, 0.2) is 60.7 Å². The zero-order valence-electron chi connectivity index (χ0n) is 14.9. The summed E-state index contributed by atoms with van der Waals surface area (Å²) in [6.45, 7) is 3.20. The predicted octanol–water partition coefficient (Wildman–Crippen LogP) is 3.64. The molecule has 4 heteroatoms. The summed E-state index contributed by atoms with van der Waals surface area (Å²) in [5.41, 5.74) is 2.29. The van der Waals surface area contributed by atoms with Crippen LogP contribution in [-0.4, -0.2) is 42.4 Å². The largest absolute Gasteiger partial charge is 0.337 e. The average Bonchev–Trinajstić information content (AvgIpc) is 3.14. The maximum Gasteiger partial charge on any atom is 0.227 e. The zero-order chi connectivity index (χ0) is 16.8. The monoisotopic (exact) mass is 356 g/mol. The van der Waals surface area contributed by atoms with Gasteiger partial charge in [0.2, 0.25) is 5.91 Å². The van der Waals surface area contributed by atoms with E-state index in [0.29, 0.717) is 6.42 Å². The minimum absolute atomic E-state index is 0. The van der Waals surface area contributed by atoms with Crippen LogP contribution in [-0.2, 0) is 11.2 Å². The second-order valence-corrected chi connectivity index (χ2v) is 6.60. The molecule has 1 fully saturated rings. The normalized spacial score (nSPS) is 15.4. The van der Waals surface area contributed by atoms with Gasteiger partial charge in [-0.15, -0.1) is 0 Å². The van der Waals surface area contributed by atoms with Crippen molar-refractivity contribution in [1.82, 2.24) is 9.80 Å². The Balaban J connectivity index is 0.00000225. The number of benzene rings is 2. The Hall–Kier alpha value is -1.78. The van der Waals surface area contributed by atoms with Gasteiger partial charge >= 0.3 is 0 Å². The topological polar surface area (TPSA) is 23.6 Å². The van der Waals surface area contributed by atoms with Gasteiger partial charge in [-0.05, 0) is 37.1 Å². The van der Waals surface area contributed by atoms with E-state index in [4.69, 9.17) is 0 Å². The number of amides is 1. The lowest BCUT2D eigenvalue weighted by molar-refractivity contribution is -0.131. The minimum atomic E-state index is 0. The molecule has 3 nitrogen and oxygen atoms in total. The Bertz CT molecular complexity index is 641. The van der Waals surface area contributed by atoms with Gasteiger partial charge in [-0.3, -0.25) is 4.79 Å². The van der Waals surface area contributed by atoms with Crippen molar-refractivity contribution in [1.29, 1.82) is 0 Å². The van der Waals surface area contributed by atoms with Crippen LogP contribution in [0.3, 0.4) is 0 Å². The molecule has 0 spiro atoms. The standard InChI is InChI=1S/C21H26N2O.H2S/c1-22(21(24)16-18-10-4-2-5-11-18)20(17-23-14-8-9-15-23)19-12-6-3-7-13-19;/h2-7,10-13,20H,8-9,14-17H2,1H3;1H2/t20-;/m1./s1. The molecule has 1 aliphatic rings. The third kappa shape index (κ3) is 5.35. The van der Waals surface area contributed by atoms with Gasteiger partial charge < -0.3 is 9.80 Å². The molecular weight excluding hydrogens is 328 g/mol. The molecule has 2 aromatic rings. The fourth-order valence-corrected chi connectivity index (χ4v) is 3.41. The minimum Gasteiger partial charge on any atom is -0.337 e. The van der Waals surface area contributed by atoms with Crippen LogP contribution in [0.4, 0.5) is 0 Å². The van der Waals surface area contributed by atoms with Crippen LogP contribution in [0, 0.1) is 0 Å². The van der Waals surface area contributed by atoms with E-state index in [1.54, 1.807) is 0 Å². The van der Waals surface area contributed by atoms with E-state index >= 15 is 0 Å². The Labute approximate surface area is 158 Å². The number of hydrogen-bond acceptors (Lipinski definition) is 2. The number of likely N-dealkylation sites (N-methyl/N-ethyl adjacent to an activating group) is 1. The first-order valence-electron chi connectivity index (χ1n) is 8.81. The lowest BCUT2D eigenvalue weighted by Gasteiger charge is -2.32. The molecular formula is C21H28N2OS. The highest BCUT2D eigenvalue weighted by Crippen LogP contribution is 2.23. The van der Waals surface area contributed by atoms with Crippen molar-refractivity contribution < 1.29 is 4.79 Å². The van der Waals surface area contributed by atoms with E-state index in [0.717, 1.165) is 25.2 Å². The quantitative estimate of drug-likeness (QED) is 0.789. The summed E-state index contributed by atoms with van der Waals surface area (Å²) in [4.78, 5) is 17.2. The van der Waals surface area contributed by atoms with Gasteiger partial charge in [0.1, 0.15) is 0 Å². The molecule has 3 rings (SSSR count). The number of rotatable bonds is 6. The van der Waals surface area contributed by atoms with Crippen LogP contribution >= 0.6 is 13.5 Å². The van der Waals surface area contributed by atoms with Crippen LogP contribution in [0.2, 0.25) is 0 Å². The first-order chi connectivity index (χ1) is 11.7. The molecule has 0 saturated carbocycles. The second-order valence-electron chi connectivity index (χ2n) is 6.60. The summed E-state index contributed by atoms with van der Waals surface area (Å²) in [6, 6.07) is 20.5. The smallest absolute Gasteiger partial charge is 0.227 e. The number of nitrogens with zero attached hydrogens (tertiary/aromatic N) is 2. The van der Waals surface area contributed by atoms with Crippen molar-refractivity contribution >= 4 is 19.4 Å². The Morgan fingerprint density at radius 2 is 1.56 bits per heavy atom. The van der Waals surface area contributed by atoms with Crippen molar-refractivity contribution in [3.63, 3.8) is 0 Å². The number of carbonyl (C=O) groups is 1. The molecule has 0 radical (unpaired) electrons. The molecule has 1 atom stereocenters. The molecule has 2 aromatic carbocycles. The van der Waals surface area contributed by atoms with Gasteiger partial charge in [0.25, 0.3) is 0 Å². The SMILES string of the molecule is CN(C(=O)Cc1ccccc1)[C@H](CN1CCCC1)c1ccccc1.S. The van der Waals surface area contributed by atoms with E-state index in [1.165, 1.54) is 18.4 Å². The Morgan fingerprint density at radius 1 is 1.00 bits per heavy atom. The average molecular weight is 357 g/mol. The summed E-state index contributed by atoms with van der Waals surface area (Å²) in [7, 11) is 1.94. The summed E-state index contributed by atoms with van der Waals surface area (Å²) >= 11 is 0. The van der Waals surface area contributed by atoms with E-state index in [-0.39, 0.29) is 25.4 Å². The van der Waals surface area contributed by atoms with Crippen molar-refractivity contribution in [2.75, 3.05) is 26.7 Å². The molecule has 1 saturated heterocycles. The summed E-state index contributed by atoms with van der Waals surface area (Å²) < 4.78 is 0. The molecule has 0 bridgehead atoms. The number of likely N-dealkylation sites (tertiary alicyclic amines) is 1. The van der Waals surface area contributed by atoms with Crippen molar-refractivity contribution in [3.05, 3.63) is 71.8 Å². The van der Waals surface area contributed by atoms with Crippen molar-refractivity contribution in [2.24, 2.45) is 0 Å². The first kappa shape index (κ1) is 19.5. The molecule has 25 heavy (non-hydrogen) atoms. The second kappa shape index (κ2) is 9.64. The van der Waals surface area contributed by atoms with Crippen molar-refractivity contribution in [2.45, 2.75) is 25.3 Å². The fourth-order valence-electron chi connectivity index (χ4n) is 3.41. The lowest BCUT2D eigenvalue weighted by Crippen LogP contribution is -2.39. The van der Waals surface area contributed by atoms with Crippen LogP contribution in [0.5, 0.6) is 0 Å².